The van der Waals surface area contributed by atoms with E-state index < -0.39 is 26.4 Å². The summed E-state index contributed by atoms with van der Waals surface area (Å²) in [5.41, 5.74) is 1.46. The summed E-state index contributed by atoms with van der Waals surface area (Å²) in [6.07, 6.45) is 1.30. The molecule has 34 heavy (non-hydrogen) atoms. The van der Waals surface area contributed by atoms with Gasteiger partial charge in [-0.3, -0.25) is 9.59 Å². The van der Waals surface area contributed by atoms with E-state index in [0.29, 0.717) is 11.6 Å². The van der Waals surface area contributed by atoms with E-state index in [9.17, 15) is 18.0 Å². The van der Waals surface area contributed by atoms with Crippen LogP contribution in [-0.2, 0) is 10.0 Å². The van der Waals surface area contributed by atoms with Crippen molar-refractivity contribution in [3.05, 3.63) is 75.2 Å². The number of aromatic amines is 1. The highest BCUT2D eigenvalue weighted by molar-refractivity contribution is 7.90. The maximum Gasteiger partial charge on any atom is 0.270 e. The minimum Gasteiger partial charge on any atom is -0.438 e. The molecule has 0 saturated heterocycles. The molecule has 0 aliphatic carbocycles. The fraction of sp³-hybridized carbons (Fsp3) is 0.292. The second-order valence-corrected chi connectivity index (χ2v) is 10.7. The van der Waals surface area contributed by atoms with Crippen LogP contribution in [0, 0.1) is 20.8 Å². The van der Waals surface area contributed by atoms with Crippen LogP contribution in [0.5, 0.6) is 11.6 Å². The topological polar surface area (TPSA) is 130 Å². The number of ether oxygens (including phenoxy) is 1. The Bertz CT molecular complexity index is 1380. The van der Waals surface area contributed by atoms with Crippen molar-refractivity contribution in [1.29, 1.82) is 0 Å². The Morgan fingerprint density at radius 2 is 1.71 bits per heavy atom. The van der Waals surface area contributed by atoms with Gasteiger partial charge >= 0.3 is 0 Å². The van der Waals surface area contributed by atoms with E-state index in [-0.39, 0.29) is 17.0 Å². The van der Waals surface area contributed by atoms with Crippen LogP contribution in [0.1, 0.15) is 47.8 Å². The van der Waals surface area contributed by atoms with Gasteiger partial charge in [0.1, 0.15) is 17.1 Å². The molecule has 3 N–H and O–H groups in total. The van der Waals surface area contributed by atoms with Crippen LogP contribution in [0.4, 0.5) is 5.82 Å². The molecule has 0 spiro atoms. The van der Waals surface area contributed by atoms with Crippen LogP contribution in [0.2, 0.25) is 0 Å². The molecule has 0 aliphatic heterocycles. The summed E-state index contributed by atoms with van der Waals surface area (Å²) in [5.74, 6) is -0.0827. The fourth-order valence-corrected chi connectivity index (χ4v) is 4.44. The number of benzene rings is 1. The quantitative estimate of drug-likeness (QED) is 0.485. The number of rotatable bonds is 6. The summed E-state index contributed by atoms with van der Waals surface area (Å²) in [5, 5.41) is 3.21. The molecule has 0 bridgehead atoms. The first-order valence-corrected chi connectivity index (χ1v) is 12.0. The summed E-state index contributed by atoms with van der Waals surface area (Å²) < 4.78 is 33.4. The number of carbonyl (C=O) groups excluding carboxylic acids is 1. The summed E-state index contributed by atoms with van der Waals surface area (Å²) in [6, 6.07) is 9.32. The first-order chi connectivity index (χ1) is 15.8. The van der Waals surface area contributed by atoms with Crippen LogP contribution in [0.15, 0.2) is 52.3 Å². The molecule has 0 atom stereocenters. The number of hydrogen-bond donors (Lipinski definition) is 3. The standard InChI is InChI=1S/C24H28N4O5S/c1-14-12-15(2)20(16(3)13-14)33-23-17(9-10-19(26-23)27-24(4,5)6)21(29)28-34(31,32)18-8-7-11-25-22(18)30/h7-13H,1-6H3,(H,25,30)(H,26,27)(H,28,29). The predicted molar refractivity (Wildman–Crippen MR) is 130 cm³/mol. The minimum atomic E-state index is -4.43. The lowest BCUT2D eigenvalue weighted by atomic mass is 10.1. The number of aryl methyl sites for hydroxylation is 3. The molecule has 0 saturated carbocycles. The first kappa shape index (κ1) is 25.0. The van der Waals surface area contributed by atoms with Gasteiger partial charge in [0.15, 0.2) is 4.90 Å². The monoisotopic (exact) mass is 484 g/mol. The van der Waals surface area contributed by atoms with Crippen molar-refractivity contribution in [2.75, 3.05) is 5.32 Å². The minimum absolute atomic E-state index is 0.0704. The van der Waals surface area contributed by atoms with E-state index in [1.807, 2.05) is 58.4 Å². The molecule has 2 aromatic heterocycles. The Labute approximate surface area is 198 Å². The number of anilines is 1. The third-order valence-electron chi connectivity index (χ3n) is 4.71. The SMILES string of the molecule is Cc1cc(C)c(Oc2nc(NC(C)(C)C)ccc2C(=O)NS(=O)(=O)c2ccc[nH]c2=O)c(C)c1. The Morgan fingerprint density at radius 3 is 2.29 bits per heavy atom. The van der Waals surface area contributed by atoms with Crippen molar-refractivity contribution >= 4 is 21.7 Å². The van der Waals surface area contributed by atoms with Crippen molar-refractivity contribution < 1.29 is 17.9 Å². The van der Waals surface area contributed by atoms with Gasteiger partial charge in [0.2, 0.25) is 5.88 Å². The van der Waals surface area contributed by atoms with Gasteiger partial charge in [0.05, 0.1) is 0 Å². The average Bonchev–Trinajstić information content (AvgIpc) is 2.69. The molecule has 0 radical (unpaired) electrons. The highest BCUT2D eigenvalue weighted by Crippen LogP contribution is 2.32. The van der Waals surface area contributed by atoms with Crippen LogP contribution in [0.3, 0.4) is 0 Å². The molecule has 9 nitrogen and oxygen atoms in total. The molecule has 3 rings (SSSR count). The Morgan fingerprint density at radius 1 is 1.06 bits per heavy atom. The van der Waals surface area contributed by atoms with Gasteiger partial charge in [0, 0.05) is 11.7 Å². The lowest BCUT2D eigenvalue weighted by Gasteiger charge is -2.22. The van der Waals surface area contributed by atoms with Crippen LogP contribution in [0.25, 0.3) is 0 Å². The smallest absolute Gasteiger partial charge is 0.270 e. The van der Waals surface area contributed by atoms with E-state index in [1.165, 1.54) is 18.3 Å². The van der Waals surface area contributed by atoms with E-state index in [2.05, 4.69) is 15.3 Å². The number of amides is 1. The number of nitrogens with zero attached hydrogens (tertiary/aromatic N) is 1. The van der Waals surface area contributed by atoms with E-state index in [0.717, 1.165) is 22.8 Å². The predicted octanol–water partition coefficient (Wildman–Crippen LogP) is 3.82. The van der Waals surface area contributed by atoms with Crippen LogP contribution < -0.4 is 20.3 Å². The van der Waals surface area contributed by atoms with Gasteiger partial charge < -0.3 is 15.0 Å². The van der Waals surface area contributed by atoms with Gasteiger partial charge in [-0.15, -0.1) is 0 Å². The van der Waals surface area contributed by atoms with Crippen LogP contribution in [-0.4, -0.2) is 29.8 Å². The highest BCUT2D eigenvalue weighted by atomic mass is 32.2. The number of nitrogens with one attached hydrogen (secondary N) is 3. The molecular formula is C24H28N4O5S. The summed E-state index contributed by atoms with van der Waals surface area (Å²) >= 11 is 0. The normalized spacial score (nSPS) is 11.7. The lowest BCUT2D eigenvalue weighted by molar-refractivity contribution is 0.0978. The van der Waals surface area contributed by atoms with Gasteiger partial charge in [-0.2, -0.15) is 4.98 Å². The number of H-pyrrole nitrogens is 1. The van der Waals surface area contributed by atoms with E-state index in [4.69, 9.17) is 4.74 Å². The van der Waals surface area contributed by atoms with Crippen LogP contribution >= 0.6 is 0 Å². The second-order valence-electron chi connectivity index (χ2n) is 9.05. The average molecular weight is 485 g/mol. The van der Waals surface area contributed by atoms with Gasteiger partial charge in [0.25, 0.3) is 21.5 Å². The zero-order valence-electron chi connectivity index (χ0n) is 19.9. The molecule has 0 aliphatic rings. The zero-order valence-corrected chi connectivity index (χ0v) is 20.8. The van der Waals surface area contributed by atoms with Crippen molar-refractivity contribution in [3.63, 3.8) is 0 Å². The fourth-order valence-electron chi connectivity index (χ4n) is 3.42. The zero-order chi connectivity index (χ0) is 25.3. The largest absolute Gasteiger partial charge is 0.438 e. The maximum atomic E-state index is 13.0. The number of hydrogen-bond acceptors (Lipinski definition) is 7. The first-order valence-electron chi connectivity index (χ1n) is 10.6. The van der Waals surface area contributed by atoms with Crippen molar-refractivity contribution in [2.24, 2.45) is 0 Å². The molecule has 180 valence electrons. The van der Waals surface area contributed by atoms with E-state index in [1.54, 1.807) is 6.07 Å². The molecule has 0 fully saturated rings. The molecule has 3 aromatic rings. The third kappa shape index (κ3) is 5.82. The summed E-state index contributed by atoms with van der Waals surface area (Å²) in [7, 11) is -4.43. The van der Waals surface area contributed by atoms with Gasteiger partial charge in [-0.05, 0) is 76.9 Å². The second kappa shape index (κ2) is 9.30. The molecule has 1 aromatic carbocycles. The molecular weight excluding hydrogens is 456 g/mol. The van der Waals surface area contributed by atoms with Crippen molar-refractivity contribution in [1.82, 2.24) is 14.7 Å². The lowest BCUT2D eigenvalue weighted by Crippen LogP contribution is -2.34. The molecule has 1 amide bonds. The summed E-state index contributed by atoms with van der Waals surface area (Å²) in [6.45, 7) is 11.6. The Hall–Kier alpha value is -3.66. The number of carbonyl (C=O) groups is 1. The molecule has 0 unspecified atom stereocenters. The van der Waals surface area contributed by atoms with Gasteiger partial charge in [-0.1, -0.05) is 17.7 Å². The number of sulfonamides is 1. The van der Waals surface area contributed by atoms with E-state index >= 15 is 0 Å². The number of pyridine rings is 2. The number of aromatic nitrogens is 2. The van der Waals surface area contributed by atoms with Crippen molar-refractivity contribution in [2.45, 2.75) is 52.0 Å². The third-order valence-corrected chi connectivity index (χ3v) is 6.06. The van der Waals surface area contributed by atoms with Gasteiger partial charge in [-0.25, -0.2) is 13.1 Å². The molecule has 10 heteroatoms. The highest BCUT2D eigenvalue weighted by Gasteiger charge is 2.25. The molecule has 2 heterocycles. The maximum absolute atomic E-state index is 13.0. The van der Waals surface area contributed by atoms with Crippen molar-refractivity contribution in [3.8, 4) is 11.6 Å². The summed E-state index contributed by atoms with van der Waals surface area (Å²) in [4.78, 5) is 31.1. The Balaban J connectivity index is 2.05. The Kier molecular flexibility index (Phi) is 6.83.